The lowest BCUT2D eigenvalue weighted by Crippen LogP contribution is -2.29. The first kappa shape index (κ1) is 16.2. The van der Waals surface area contributed by atoms with E-state index in [1.54, 1.807) is 18.2 Å². The van der Waals surface area contributed by atoms with Crippen molar-refractivity contribution in [2.24, 2.45) is 0 Å². The van der Waals surface area contributed by atoms with Crippen LogP contribution in [0.1, 0.15) is 19.3 Å². The second-order valence-corrected chi connectivity index (χ2v) is 6.41. The summed E-state index contributed by atoms with van der Waals surface area (Å²) in [6, 6.07) is 13.3. The van der Waals surface area contributed by atoms with E-state index >= 15 is 0 Å². The summed E-state index contributed by atoms with van der Waals surface area (Å²) in [6.45, 7) is 0.988. The summed E-state index contributed by atoms with van der Waals surface area (Å²) < 4.78 is 5.79. The SMILES string of the molecule is O=CCC1CCCN1c1ccc(Oc2ccc(Cl)cc2Cl)cc1. The first-order chi connectivity index (χ1) is 11.2. The highest BCUT2D eigenvalue weighted by Gasteiger charge is 2.24. The molecule has 0 saturated carbocycles. The van der Waals surface area contributed by atoms with E-state index in [2.05, 4.69) is 4.90 Å². The van der Waals surface area contributed by atoms with Gasteiger partial charge in [-0.05, 0) is 55.3 Å². The largest absolute Gasteiger partial charge is 0.456 e. The van der Waals surface area contributed by atoms with Crippen molar-refractivity contribution in [2.75, 3.05) is 11.4 Å². The minimum atomic E-state index is 0.310. The molecule has 120 valence electrons. The summed E-state index contributed by atoms with van der Waals surface area (Å²) in [5.74, 6) is 1.29. The van der Waals surface area contributed by atoms with E-state index in [1.807, 2.05) is 24.3 Å². The van der Waals surface area contributed by atoms with Crippen LogP contribution in [0.4, 0.5) is 5.69 Å². The Kier molecular flexibility index (Phi) is 5.09. The fraction of sp³-hybridized carbons (Fsp3) is 0.278. The summed E-state index contributed by atoms with van der Waals surface area (Å²) in [5.41, 5.74) is 1.11. The smallest absolute Gasteiger partial charge is 0.146 e. The van der Waals surface area contributed by atoms with Crippen molar-refractivity contribution >= 4 is 35.2 Å². The number of nitrogens with zero attached hydrogens (tertiary/aromatic N) is 1. The summed E-state index contributed by atoms with van der Waals surface area (Å²) in [5, 5.41) is 1.06. The van der Waals surface area contributed by atoms with Gasteiger partial charge in [-0.1, -0.05) is 23.2 Å². The molecule has 1 aliphatic rings. The Morgan fingerprint density at radius 1 is 1.17 bits per heavy atom. The van der Waals surface area contributed by atoms with Gasteiger partial charge in [0.2, 0.25) is 0 Å². The maximum atomic E-state index is 10.8. The highest BCUT2D eigenvalue weighted by atomic mass is 35.5. The van der Waals surface area contributed by atoms with Crippen molar-refractivity contribution in [3.05, 3.63) is 52.5 Å². The van der Waals surface area contributed by atoms with Crippen LogP contribution in [0, 0.1) is 0 Å². The standard InChI is InChI=1S/C18H17Cl2NO2/c19-13-3-8-18(17(20)12-13)23-16-6-4-15(5-7-16)21-10-1-2-14(21)9-11-22/h3-8,11-12,14H,1-2,9-10H2. The van der Waals surface area contributed by atoms with Crippen molar-refractivity contribution in [3.63, 3.8) is 0 Å². The number of halogens is 2. The monoisotopic (exact) mass is 349 g/mol. The van der Waals surface area contributed by atoms with Crippen molar-refractivity contribution in [3.8, 4) is 11.5 Å². The normalized spacial score (nSPS) is 17.3. The lowest BCUT2D eigenvalue weighted by Gasteiger charge is -2.25. The van der Waals surface area contributed by atoms with E-state index in [0.717, 1.165) is 31.4 Å². The molecule has 0 spiro atoms. The van der Waals surface area contributed by atoms with Crippen LogP contribution in [0.5, 0.6) is 11.5 Å². The van der Waals surface area contributed by atoms with Crippen molar-refractivity contribution < 1.29 is 9.53 Å². The van der Waals surface area contributed by atoms with Gasteiger partial charge in [0.15, 0.2) is 0 Å². The Bertz CT molecular complexity index is 688. The molecule has 0 amide bonds. The van der Waals surface area contributed by atoms with Crippen LogP contribution >= 0.6 is 23.2 Å². The Morgan fingerprint density at radius 3 is 2.65 bits per heavy atom. The van der Waals surface area contributed by atoms with Gasteiger partial charge in [-0.2, -0.15) is 0 Å². The minimum absolute atomic E-state index is 0.310. The van der Waals surface area contributed by atoms with Crippen LogP contribution in [-0.2, 0) is 4.79 Å². The topological polar surface area (TPSA) is 29.5 Å². The van der Waals surface area contributed by atoms with Gasteiger partial charge in [0.05, 0.1) is 5.02 Å². The number of anilines is 1. The van der Waals surface area contributed by atoms with E-state index in [-0.39, 0.29) is 0 Å². The summed E-state index contributed by atoms with van der Waals surface area (Å²) in [6.07, 6.45) is 3.77. The fourth-order valence-corrected chi connectivity index (χ4v) is 3.37. The van der Waals surface area contributed by atoms with Gasteiger partial charge in [0.25, 0.3) is 0 Å². The van der Waals surface area contributed by atoms with Crippen LogP contribution in [0.2, 0.25) is 10.0 Å². The third kappa shape index (κ3) is 3.80. The summed E-state index contributed by atoms with van der Waals surface area (Å²) in [7, 11) is 0. The van der Waals surface area contributed by atoms with E-state index in [9.17, 15) is 4.79 Å². The van der Waals surface area contributed by atoms with Gasteiger partial charge < -0.3 is 14.4 Å². The Balaban J connectivity index is 1.73. The average molecular weight is 350 g/mol. The molecule has 3 rings (SSSR count). The number of rotatable bonds is 5. The molecular weight excluding hydrogens is 333 g/mol. The second-order valence-electron chi connectivity index (χ2n) is 5.56. The molecule has 1 heterocycles. The fourth-order valence-electron chi connectivity index (χ4n) is 2.92. The van der Waals surface area contributed by atoms with Gasteiger partial charge in [-0.25, -0.2) is 0 Å². The molecule has 0 aromatic heterocycles. The average Bonchev–Trinajstić information content (AvgIpc) is 2.99. The predicted octanol–water partition coefficient (Wildman–Crippen LogP) is 5.34. The lowest BCUT2D eigenvalue weighted by atomic mass is 10.1. The third-order valence-corrected chi connectivity index (χ3v) is 4.57. The number of carbonyl (C=O) groups is 1. The molecule has 1 aliphatic heterocycles. The van der Waals surface area contributed by atoms with Crippen LogP contribution in [0.25, 0.3) is 0 Å². The lowest BCUT2D eigenvalue weighted by molar-refractivity contribution is -0.108. The van der Waals surface area contributed by atoms with Gasteiger partial charge in [0.1, 0.15) is 17.8 Å². The van der Waals surface area contributed by atoms with Gasteiger partial charge in [-0.3, -0.25) is 0 Å². The van der Waals surface area contributed by atoms with E-state index in [4.69, 9.17) is 27.9 Å². The second kappa shape index (κ2) is 7.24. The molecule has 23 heavy (non-hydrogen) atoms. The summed E-state index contributed by atoms with van der Waals surface area (Å²) >= 11 is 12.0. The zero-order valence-electron chi connectivity index (χ0n) is 12.5. The van der Waals surface area contributed by atoms with Crippen LogP contribution in [0.3, 0.4) is 0 Å². The van der Waals surface area contributed by atoms with Crippen molar-refractivity contribution in [1.29, 1.82) is 0 Å². The molecule has 3 nitrogen and oxygen atoms in total. The highest BCUT2D eigenvalue weighted by Crippen LogP contribution is 2.33. The molecule has 1 unspecified atom stereocenters. The number of benzene rings is 2. The van der Waals surface area contributed by atoms with Crippen molar-refractivity contribution in [1.82, 2.24) is 0 Å². The highest BCUT2D eigenvalue weighted by molar-refractivity contribution is 6.35. The maximum absolute atomic E-state index is 10.8. The quantitative estimate of drug-likeness (QED) is 0.682. The molecule has 0 aliphatic carbocycles. The molecule has 2 aromatic rings. The predicted molar refractivity (Wildman–Crippen MR) is 94.0 cm³/mol. The molecule has 0 radical (unpaired) electrons. The van der Waals surface area contributed by atoms with Crippen LogP contribution in [-0.4, -0.2) is 18.9 Å². The molecule has 1 saturated heterocycles. The zero-order valence-corrected chi connectivity index (χ0v) is 14.1. The molecule has 0 N–H and O–H groups in total. The molecule has 1 fully saturated rings. The van der Waals surface area contributed by atoms with Gasteiger partial charge >= 0.3 is 0 Å². The first-order valence-corrected chi connectivity index (χ1v) is 8.36. The minimum Gasteiger partial charge on any atom is -0.456 e. The zero-order chi connectivity index (χ0) is 16.2. The number of carbonyl (C=O) groups excluding carboxylic acids is 1. The van der Waals surface area contributed by atoms with E-state index in [1.165, 1.54) is 0 Å². The van der Waals surface area contributed by atoms with E-state index in [0.29, 0.717) is 34.0 Å². The molecule has 5 heteroatoms. The number of aldehydes is 1. The van der Waals surface area contributed by atoms with Crippen molar-refractivity contribution in [2.45, 2.75) is 25.3 Å². The first-order valence-electron chi connectivity index (χ1n) is 7.60. The van der Waals surface area contributed by atoms with Gasteiger partial charge in [0, 0.05) is 29.7 Å². The Labute approximate surface area is 145 Å². The van der Waals surface area contributed by atoms with E-state index < -0.39 is 0 Å². The Morgan fingerprint density at radius 2 is 1.96 bits per heavy atom. The number of hydrogen-bond donors (Lipinski definition) is 0. The molecule has 0 bridgehead atoms. The van der Waals surface area contributed by atoms with Crippen LogP contribution < -0.4 is 9.64 Å². The molecule has 1 atom stereocenters. The van der Waals surface area contributed by atoms with Crippen LogP contribution in [0.15, 0.2) is 42.5 Å². The number of hydrogen-bond acceptors (Lipinski definition) is 3. The molecule has 2 aromatic carbocycles. The summed E-state index contributed by atoms with van der Waals surface area (Å²) in [4.78, 5) is 13.1. The Hall–Kier alpha value is -1.71. The molecular formula is C18H17Cl2NO2. The van der Waals surface area contributed by atoms with Gasteiger partial charge in [-0.15, -0.1) is 0 Å². The third-order valence-electron chi connectivity index (χ3n) is 4.04. The number of ether oxygens (including phenoxy) is 1. The maximum Gasteiger partial charge on any atom is 0.146 e.